The smallest absolute Gasteiger partial charge is 0.426 e. The van der Waals surface area contributed by atoms with Gasteiger partial charge in [-0.05, 0) is 30.0 Å². The van der Waals surface area contributed by atoms with Crippen molar-refractivity contribution in [2.75, 3.05) is 0 Å². The van der Waals surface area contributed by atoms with Crippen molar-refractivity contribution in [3.05, 3.63) is 57.7 Å². The fraction of sp³-hybridized carbons (Fsp3) is 0.188. The standard InChI is InChI=1S/C16H11F3O4S/c1-15(12(21)11(20)14(22)23-15)9-4-2-3-8(7-9)10-5-6-24-13(10)16(17,18)19/h2-7,20-21H,1H3. The summed E-state index contributed by atoms with van der Waals surface area (Å²) in [5.74, 6) is -2.67. The largest absolute Gasteiger partial charge is 0.505 e. The molecule has 0 fully saturated rings. The molecule has 1 unspecified atom stereocenters. The van der Waals surface area contributed by atoms with Crippen LogP contribution in [-0.2, 0) is 21.3 Å². The zero-order chi connectivity index (χ0) is 17.7. The van der Waals surface area contributed by atoms with Gasteiger partial charge in [-0.2, -0.15) is 13.2 Å². The van der Waals surface area contributed by atoms with Gasteiger partial charge in [0.25, 0.3) is 0 Å². The van der Waals surface area contributed by atoms with Crippen molar-refractivity contribution in [1.82, 2.24) is 0 Å². The predicted octanol–water partition coefficient (Wildman–Crippen LogP) is 4.53. The van der Waals surface area contributed by atoms with Crippen LogP contribution in [0.4, 0.5) is 13.2 Å². The molecule has 0 amide bonds. The van der Waals surface area contributed by atoms with Crippen molar-refractivity contribution in [1.29, 1.82) is 0 Å². The summed E-state index contributed by atoms with van der Waals surface area (Å²) in [7, 11) is 0. The molecule has 1 aliphatic rings. The number of cyclic esters (lactones) is 1. The van der Waals surface area contributed by atoms with Crippen LogP contribution in [-0.4, -0.2) is 16.2 Å². The minimum absolute atomic E-state index is 0.00466. The van der Waals surface area contributed by atoms with Gasteiger partial charge in [0, 0.05) is 11.1 Å². The number of aliphatic hydroxyl groups is 2. The molecule has 3 rings (SSSR count). The van der Waals surface area contributed by atoms with E-state index in [2.05, 4.69) is 0 Å². The third kappa shape index (κ3) is 2.43. The van der Waals surface area contributed by atoms with Crippen LogP contribution < -0.4 is 0 Å². The number of esters is 1. The van der Waals surface area contributed by atoms with Gasteiger partial charge in [0.1, 0.15) is 4.88 Å². The fourth-order valence-corrected chi connectivity index (χ4v) is 3.33. The lowest BCUT2D eigenvalue weighted by Crippen LogP contribution is -2.25. The van der Waals surface area contributed by atoms with Crippen LogP contribution in [0, 0.1) is 0 Å². The molecule has 2 N–H and O–H groups in total. The normalized spacial score (nSPS) is 21.2. The minimum atomic E-state index is -4.48. The van der Waals surface area contributed by atoms with Gasteiger partial charge in [-0.3, -0.25) is 0 Å². The van der Waals surface area contributed by atoms with Crippen LogP contribution in [0.5, 0.6) is 0 Å². The number of hydrogen-bond acceptors (Lipinski definition) is 5. The lowest BCUT2D eigenvalue weighted by molar-refractivity contribution is -0.149. The number of halogens is 3. The number of aliphatic hydroxyl groups excluding tert-OH is 2. The number of rotatable bonds is 2. The minimum Gasteiger partial charge on any atom is -0.505 e. The molecule has 0 radical (unpaired) electrons. The average Bonchev–Trinajstić information content (AvgIpc) is 3.09. The third-order valence-electron chi connectivity index (χ3n) is 3.81. The van der Waals surface area contributed by atoms with Crippen LogP contribution in [0.25, 0.3) is 11.1 Å². The van der Waals surface area contributed by atoms with Crippen molar-refractivity contribution in [3.63, 3.8) is 0 Å². The Labute approximate surface area is 138 Å². The predicted molar refractivity (Wildman–Crippen MR) is 80.5 cm³/mol. The summed E-state index contributed by atoms with van der Waals surface area (Å²) >= 11 is 0.581. The van der Waals surface area contributed by atoms with E-state index in [1.165, 1.54) is 42.6 Å². The highest BCUT2D eigenvalue weighted by Crippen LogP contribution is 2.43. The summed E-state index contributed by atoms with van der Waals surface area (Å²) in [6.45, 7) is 1.35. The third-order valence-corrected chi connectivity index (χ3v) is 4.77. The van der Waals surface area contributed by atoms with E-state index in [0.29, 0.717) is 11.3 Å². The van der Waals surface area contributed by atoms with Crippen molar-refractivity contribution in [2.24, 2.45) is 0 Å². The van der Waals surface area contributed by atoms with Gasteiger partial charge in [0.15, 0.2) is 11.4 Å². The van der Waals surface area contributed by atoms with Crippen molar-refractivity contribution >= 4 is 17.3 Å². The molecule has 0 spiro atoms. The Bertz CT molecular complexity index is 853. The molecule has 0 bridgehead atoms. The summed E-state index contributed by atoms with van der Waals surface area (Å²) in [6.07, 6.45) is -4.48. The Kier molecular flexibility index (Phi) is 3.60. The van der Waals surface area contributed by atoms with E-state index in [1.807, 2.05) is 0 Å². The Morgan fingerprint density at radius 3 is 2.50 bits per heavy atom. The SMILES string of the molecule is CC1(c2cccc(-c3ccsc3C(F)(F)F)c2)OC(=O)C(O)=C1O. The zero-order valence-electron chi connectivity index (χ0n) is 12.2. The average molecular weight is 356 g/mol. The van der Waals surface area contributed by atoms with Crippen molar-refractivity contribution < 1.29 is 32.9 Å². The molecule has 4 nitrogen and oxygen atoms in total. The van der Waals surface area contributed by atoms with E-state index in [4.69, 9.17) is 4.74 Å². The van der Waals surface area contributed by atoms with Gasteiger partial charge in [0.2, 0.25) is 5.76 Å². The van der Waals surface area contributed by atoms with Gasteiger partial charge in [-0.1, -0.05) is 18.2 Å². The Morgan fingerprint density at radius 2 is 1.92 bits per heavy atom. The second kappa shape index (κ2) is 5.27. The molecule has 126 valence electrons. The monoisotopic (exact) mass is 356 g/mol. The maximum absolute atomic E-state index is 13.1. The van der Waals surface area contributed by atoms with E-state index in [0.717, 1.165) is 0 Å². The van der Waals surface area contributed by atoms with Gasteiger partial charge >= 0.3 is 12.1 Å². The van der Waals surface area contributed by atoms with Gasteiger partial charge < -0.3 is 14.9 Å². The highest BCUT2D eigenvalue weighted by Gasteiger charge is 2.46. The van der Waals surface area contributed by atoms with E-state index >= 15 is 0 Å². The molecule has 1 aromatic carbocycles. The summed E-state index contributed by atoms with van der Waals surface area (Å²) in [4.78, 5) is 10.7. The first-order valence-electron chi connectivity index (χ1n) is 6.76. The number of ether oxygens (including phenoxy) is 1. The molecular formula is C16H11F3O4S. The highest BCUT2D eigenvalue weighted by molar-refractivity contribution is 7.10. The van der Waals surface area contributed by atoms with Crippen molar-refractivity contribution in [3.8, 4) is 11.1 Å². The molecule has 2 aromatic rings. The Hall–Kier alpha value is -2.48. The second-order valence-electron chi connectivity index (χ2n) is 5.36. The molecule has 0 saturated heterocycles. The maximum atomic E-state index is 13.1. The molecular weight excluding hydrogens is 345 g/mol. The summed E-state index contributed by atoms with van der Waals surface area (Å²) in [5, 5.41) is 20.8. The first-order chi connectivity index (χ1) is 11.1. The van der Waals surface area contributed by atoms with Crippen LogP contribution in [0.1, 0.15) is 17.4 Å². The van der Waals surface area contributed by atoms with Crippen LogP contribution in [0.3, 0.4) is 0 Å². The molecule has 1 aliphatic heterocycles. The molecule has 1 atom stereocenters. The second-order valence-corrected chi connectivity index (χ2v) is 6.28. The van der Waals surface area contributed by atoms with E-state index < -0.39 is 34.1 Å². The summed E-state index contributed by atoms with van der Waals surface area (Å²) in [5.41, 5.74) is -1.15. The van der Waals surface area contributed by atoms with Crippen molar-refractivity contribution in [2.45, 2.75) is 18.7 Å². The van der Waals surface area contributed by atoms with Gasteiger partial charge in [-0.25, -0.2) is 4.79 Å². The summed E-state index contributed by atoms with van der Waals surface area (Å²) < 4.78 is 44.2. The first kappa shape index (κ1) is 16.4. The molecule has 24 heavy (non-hydrogen) atoms. The number of alkyl halides is 3. The van der Waals surface area contributed by atoms with E-state index in [9.17, 15) is 28.2 Å². The number of thiophene rings is 1. The Balaban J connectivity index is 2.10. The number of carbonyl (C=O) groups excluding carboxylic acids is 1. The number of carbonyl (C=O) groups is 1. The van der Waals surface area contributed by atoms with E-state index in [1.54, 1.807) is 0 Å². The molecule has 1 aromatic heterocycles. The zero-order valence-corrected chi connectivity index (χ0v) is 13.0. The lowest BCUT2D eigenvalue weighted by Gasteiger charge is -2.24. The highest BCUT2D eigenvalue weighted by atomic mass is 32.1. The van der Waals surface area contributed by atoms with Gasteiger partial charge in [-0.15, -0.1) is 11.3 Å². The van der Waals surface area contributed by atoms with Crippen LogP contribution >= 0.6 is 11.3 Å². The Morgan fingerprint density at radius 1 is 1.21 bits per heavy atom. The van der Waals surface area contributed by atoms with E-state index in [-0.39, 0.29) is 16.7 Å². The van der Waals surface area contributed by atoms with Crippen LogP contribution in [0.2, 0.25) is 0 Å². The number of hydrogen-bond donors (Lipinski definition) is 2. The topological polar surface area (TPSA) is 66.8 Å². The molecule has 0 aliphatic carbocycles. The quantitative estimate of drug-likeness (QED) is 0.776. The maximum Gasteiger partial charge on any atom is 0.426 e. The fourth-order valence-electron chi connectivity index (χ4n) is 2.54. The molecule has 0 saturated carbocycles. The van der Waals surface area contributed by atoms with Crippen LogP contribution in [0.15, 0.2) is 47.2 Å². The first-order valence-corrected chi connectivity index (χ1v) is 7.64. The molecule has 2 heterocycles. The lowest BCUT2D eigenvalue weighted by atomic mass is 9.91. The molecule has 8 heteroatoms. The summed E-state index contributed by atoms with van der Waals surface area (Å²) in [6, 6.07) is 7.21. The number of benzene rings is 1. The van der Waals surface area contributed by atoms with Gasteiger partial charge in [0.05, 0.1) is 0 Å².